The predicted octanol–water partition coefficient (Wildman–Crippen LogP) is 7.71. The Balaban J connectivity index is 1.98. The van der Waals surface area contributed by atoms with Gasteiger partial charge in [0.25, 0.3) is 0 Å². The number of unbranched alkanes of at least 4 members (excludes halogenated alkanes) is 8. The van der Waals surface area contributed by atoms with Crippen molar-refractivity contribution < 1.29 is 10.2 Å². The average Bonchev–Trinajstić information content (AvgIpc) is 2.72. The topological polar surface area (TPSA) is 40.5 Å². The number of aromatic hydroxyl groups is 2. The van der Waals surface area contributed by atoms with E-state index in [-0.39, 0.29) is 0 Å². The number of hydrogen-bond donors (Lipinski definition) is 2. The Kier molecular flexibility index (Phi) is 10.7. The van der Waals surface area contributed by atoms with Crippen molar-refractivity contribution in [3.8, 4) is 11.5 Å². The van der Waals surface area contributed by atoms with Crippen LogP contribution in [0.4, 0.5) is 0 Å². The van der Waals surface area contributed by atoms with Gasteiger partial charge in [-0.25, -0.2) is 0 Å². The molecule has 2 aromatic rings. The van der Waals surface area contributed by atoms with Crippen LogP contribution in [0, 0.1) is 0 Å². The van der Waals surface area contributed by atoms with Crippen molar-refractivity contribution >= 4 is 0 Å². The molecule has 0 amide bonds. The van der Waals surface area contributed by atoms with Crippen molar-refractivity contribution in [2.45, 2.75) is 97.3 Å². The fraction of sp³-hybridized carbons (Fsp3) is 0.556. The molecule has 0 bridgehead atoms. The van der Waals surface area contributed by atoms with Gasteiger partial charge in [0, 0.05) is 6.42 Å². The van der Waals surface area contributed by atoms with E-state index in [4.69, 9.17) is 0 Å². The first-order chi connectivity index (χ1) is 14.2. The van der Waals surface area contributed by atoms with E-state index in [1.165, 1.54) is 51.4 Å². The van der Waals surface area contributed by atoms with Crippen molar-refractivity contribution in [1.82, 2.24) is 0 Å². The molecule has 0 atom stereocenters. The molecule has 0 aromatic heterocycles. The fourth-order valence-electron chi connectivity index (χ4n) is 4.02. The van der Waals surface area contributed by atoms with Crippen LogP contribution < -0.4 is 0 Å². The van der Waals surface area contributed by atoms with Gasteiger partial charge in [0.2, 0.25) is 0 Å². The second-order valence-electron chi connectivity index (χ2n) is 8.35. The molecule has 0 fully saturated rings. The SMILES string of the molecule is CCCCCCCc1cccc(Cc2cccc(CCCCCCC)c2O)c1O. The van der Waals surface area contributed by atoms with E-state index in [0.717, 1.165) is 47.9 Å². The lowest BCUT2D eigenvalue weighted by molar-refractivity contribution is 0.453. The monoisotopic (exact) mass is 396 g/mol. The van der Waals surface area contributed by atoms with E-state index < -0.39 is 0 Å². The molecule has 0 aliphatic carbocycles. The third-order valence-electron chi connectivity index (χ3n) is 5.89. The number of benzene rings is 2. The molecular weight excluding hydrogens is 356 g/mol. The van der Waals surface area contributed by atoms with E-state index in [9.17, 15) is 10.2 Å². The van der Waals surface area contributed by atoms with Crippen molar-refractivity contribution in [3.63, 3.8) is 0 Å². The Bertz CT molecular complexity index is 659. The third kappa shape index (κ3) is 7.76. The average molecular weight is 397 g/mol. The molecule has 29 heavy (non-hydrogen) atoms. The van der Waals surface area contributed by atoms with Gasteiger partial charge in [-0.05, 0) is 47.9 Å². The van der Waals surface area contributed by atoms with Crippen LogP contribution >= 0.6 is 0 Å². The zero-order chi connectivity index (χ0) is 20.9. The van der Waals surface area contributed by atoms with E-state index in [1.807, 2.05) is 36.4 Å². The van der Waals surface area contributed by atoms with Gasteiger partial charge in [0.15, 0.2) is 0 Å². The maximum absolute atomic E-state index is 10.8. The van der Waals surface area contributed by atoms with Gasteiger partial charge in [-0.3, -0.25) is 0 Å². The summed E-state index contributed by atoms with van der Waals surface area (Å²) < 4.78 is 0. The van der Waals surface area contributed by atoms with Crippen LogP contribution in [-0.2, 0) is 19.3 Å². The molecule has 0 saturated carbocycles. The summed E-state index contributed by atoms with van der Waals surface area (Å²) in [7, 11) is 0. The first kappa shape index (κ1) is 23.3. The molecule has 2 rings (SSSR count). The van der Waals surface area contributed by atoms with Crippen LogP contribution in [0.3, 0.4) is 0 Å². The number of hydrogen-bond acceptors (Lipinski definition) is 2. The van der Waals surface area contributed by atoms with Crippen LogP contribution in [0.1, 0.15) is 100 Å². The van der Waals surface area contributed by atoms with E-state index in [1.54, 1.807) is 0 Å². The van der Waals surface area contributed by atoms with Gasteiger partial charge in [-0.15, -0.1) is 0 Å². The highest BCUT2D eigenvalue weighted by Crippen LogP contribution is 2.31. The van der Waals surface area contributed by atoms with Gasteiger partial charge >= 0.3 is 0 Å². The Hall–Kier alpha value is -1.96. The lowest BCUT2D eigenvalue weighted by Crippen LogP contribution is -1.96. The Labute approximate surface area is 178 Å². The highest BCUT2D eigenvalue weighted by atomic mass is 16.3. The Morgan fingerprint density at radius 1 is 0.517 bits per heavy atom. The lowest BCUT2D eigenvalue weighted by Gasteiger charge is -2.13. The van der Waals surface area contributed by atoms with Crippen molar-refractivity contribution in [1.29, 1.82) is 0 Å². The minimum Gasteiger partial charge on any atom is -0.507 e. The zero-order valence-corrected chi connectivity index (χ0v) is 18.6. The number of phenolic OH excluding ortho intramolecular Hbond substituents is 2. The molecule has 0 unspecified atom stereocenters. The van der Waals surface area contributed by atoms with Crippen LogP contribution in [0.2, 0.25) is 0 Å². The number of phenols is 2. The fourth-order valence-corrected chi connectivity index (χ4v) is 4.02. The Morgan fingerprint density at radius 2 is 0.897 bits per heavy atom. The molecule has 0 radical (unpaired) electrons. The number of aryl methyl sites for hydroxylation is 2. The van der Waals surface area contributed by atoms with Gasteiger partial charge in [0.05, 0.1) is 0 Å². The van der Waals surface area contributed by atoms with Gasteiger partial charge in [-0.2, -0.15) is 0 Å². The van der Waals surface area contributed by atoms with Crippen LogP contribution in [0.15, 0.2) is 36.4 Å². The highest BCUT2D eigenvalue weighted by molar-refractivity contribution is 5.47. The number of para-hydroxylation sites is 2. The summed E-state index contributed by atoms with van der Waals surface area (Å²) in [4.78, 5) is 0. The minimum absolute atomic E-state index is 0.410. The molecule has 2 nitrogen and oxygen atoms in total. The molecule has 0 heterocycles. The molecule has 0 aliphatic rings. The molecule has 0 spiro atoms. The molecular formula is C27H40O2. The summed E-state index contributed by atoms with van der Waals surface area (Å²) in [5.74, 6) is 0.819. The van der Waals surface area contributed by atoms with E-state index in [2.05, 4.69) is 13.8 Å². The van der Waals surface area contributed by atoms with Crippen molar-refractivity contribution in [3.05, 3.63) is 58.7 Å². The number of rotatable bonds is 14. The zero-order valence-electron chi connectivity index (χ0n) is 18.6. The first-order valence-corrected chi connectivity index (χ1v) is 11.8. The third-order valence-corrected chi connectivity index (χ3v) is 5.89. The van der Waals surface area contributed by atoms with Crippen LogP contribution in [-0.4, -0.2) is 10.2 Å². The predicted molar refractivity (Wildman–Crippen MR) is 124 cm³/mol. The molecule has 160 valence electrons. The summed E-state index contributed by atoms with van der Waals surface area (Å²) in [6.07, 6.45) is 14.7. The lowest BCUT2D eigenvalue weighted by atomic mass is 9.95. The molecule has 0 saturated heterocycles. The highest BCUT2D eigenvalue weighted by Gasteiger charge is 2.12. The van der Waals surface area contributed by atoms with Crippen molar-refractivity contribution in [2.24, 2.45) is 0 Å². The van der Waals surface area contributed by atoms with E-state index >= 15 is 0 Å². The summed E-state index contributed by atoms with van der Waals surface area (Å²) in [5, 5.41) is 21.5. The second-order valence-corrected chi connectivity index (χ2v) is 8.35. The molecule has 2 aromatic carbocycles. The Morgan fingerprint density at radius 3 is 1.31 bits per heavy atom. The van der Waals surface area contributed by atoms with Gasteiger partial charge in [0.1, 0.15) is 11.5 Å². The summed E-state index contributed by atoms with van der Waals surface area (Å²) in [5.41, 5.74) is 3.88. The van der Waals surface area contributed by atoms with Crippen molar-refractivity contribution in [2.75, 3.05) is 0 Å². The first-order valence-electron chi connectivity index (χ1n) is 11.8. The smallest absolute Gasteiger partial charge is 0.122 e. The maximum Gasteiger partial charge on any atom is 0.122 e. The van der Waals surface area contributed by atoms with Gasteiger partial charge in [-0.1, -0.05) is 102 Å². The summed E-state index contributed by atoms with van der Waals surface area (Å²) >= 11 is 0. The largest absolute Gasteiger partial charge is 0.507 e. The standard InChI is InChI=1S/C27H40O2/c1-3-5-7-9-11-15-22-17-13-19-24(26(22)28)21-25-20-14-18-23(27(25)29)16-12-10-8-6-4-2/h13-14,17-20,28-29H,3-12,15-16,21H2,1-2H3. The quantitative estimate of drug-likeness (QED) is 0.321. The molecule has 2 N–H and O–H groups in total. The normalized spacial score (nSPS) is 11.1. The molecule has 2 heteroatoms. The van der Waals surface area contributed by atoms with Crippen LogP contribution in [0.5, 0.6) is 11.5 Å². The minimum atomic E-state index is 0.410. The summed E-state index contributed by atoms with van der Waals surface area (Å²) in [6.45, 7) is 4.46. The maximum atomic E-state index is 10.8. The summed E-state index contributed by atoms with van der Waals surface area (Å²) in [6, 6.07) is 12.1. The van der Waals surface area contributed by atoms with Gasteiger partial charge < -0.3 is 10.2 Å². The van der Waals surface area contributed by atoms with E-state index in [0.29, 0.717) is 17.9 Å². The second kappa shape index (κ2) is 13.3. The molecule has 0 aliphatic heterocycles. The van der Waals surface area contributed by atoms with Crippen LogP contribution in [0.25, 0.3) is 0 Å².